The number of nitrogens with one attached hydrogen (secondary N) is 1. The lowest BCUT2D eigenvalue weighted by Gasteiger charge is -2.27. The topological polar surface area (TPSA) is 100 Å². The fourth-order valence-corrected chi connectivity index (χ4v) is 1.58. The highest BCUT2D eigenvalue weighted by atomic mass is 16.4. The van der Waals surface area contributed by atoms with Crippen molar-refractivity contribution in [3.8, 4) is 0 Å². The van der Waals surface area contributed by atoms with Crippen LogP contribution in [0.15, 0.2) is 6.33 Å². The van der Waals surface area contributed by atoms with Crippen molar-refractivity contribution in [2.45, 2.75) is 26.1 Å². The third-order valence-electron chi connectivity index (χ3n) is 2.64. The summed E-state index contributed by atoms with van der Waals surface area (Å²) in [7, 11) is 0. The molecule has 8 heteroatoms. The Morgan fingerprint density at radius 1 is 1.53 bits per heavy atom. The molecule has 2 heterocycles. The van der Waals surface area contributed by atoms with E-state index in [9.17, 15) is 9.59 Å². The number of carboxylic acids is 1. The van der Waals surface area contributed by atoms with Gasteiger partial charge < -0.3 is 19.9 Å². The van der Waals surface area contributed by atoms with Crippen molar-refractivity contribution < 1.29 is 14.7 Å². The van der Waals surface area contributed by atoms with Crippen LogP contribution < -0.4 is 5.32 Å². The van der Waals surface area contributed by atoms with Gasteiger partial charge in [0.05, 0.1) is 6.54 Å². The highest BCUT2D eigenvalue weighted by molar-refractivity contribution is 5.82. The minimum atomic E-state index is -1.06. The zero-order valence-electron chi connectivity index (χ0n) is 9.33. The molecular weight excluding hydrogens is 226 g/mol. The molecule has 2 rings (SSSR count). The van der Waals surface area contributed by atoms with E-state index in [0.29, 0.717) is 25.5 Å². The summed E-state index contributed by atoms with van der Waals surface area (Å²) in [5, 5.41) is 18.7. The largest absolute Gasteiger partial charge is 0.480 e. The molecule has 0 fully saturated rings. The minimum absolute atomic E-state index is 0.345. The maximum absolute atomic E-state index is 11.7. The first-order valence-electron chi connectivity index (χ1n) is 5.23. The van der Waals surface area contributed by atoms with Gasteiger partial charge in [-0.1, -0.05) is 0 Å². The summed E-state index contributed by atoms with van der Waals surface area (Å²) in [6.07, 6.45) is 1.62. The Morgan fingerprint density at radius 2 is 2.29 bits per heavy atom. The molecule has 1 aromatic rings. The second kappa shape index (κ2) is 4.40. The fraction of sp³-hybridized carbons (Fsp3) is 0.556. The number of hydrogen-bond donors (Lipinski definition) is 2. The Morgan fingerprint density at radius 3 is 3.00 bits per heavy atom. The number of hydrogen-bond acceptors (Lipinski definition) is 4. The quantitative estimate of drug-likeness (QED) is 0.709. The molecule has 0 spiro atoms. The number of aliphatic carboxylic acids is 1. The van der Waals surface area contributed by atoms with E-state index in [0.717, 1.165) is 0 Å². The summed E-state index contributed by atoms with van der Waals surface area (Å²) in [6.45, 7) is 2.91. The van der Waals surface area contributed by atoms with Crippen molar-refractivity contribution in [2.75, 3.05) is 6.54 Å². The van der Waals surface area contributed by atoms with Gasteiger partial charge in [-0.3, -0.25) is 4.79 Å². The normalized spacial score (nSPS) is 16.2. The molecule has 0 aliphatic carbocycles. The van der Waals surface area contributed by atoms with Crippen molar-refractivity contribution >= 4 is 12.0 Å². The van der Waals surface area contributed by atoms with E-state index >= 15 is 0 Å². The van der Waals surface area contributed by atoms with Gasteiger partial charge in [0.1, 0.15) is 12.4 Å². The molecule has 1 aliphatic rings. The second-order valence-electron chi connectivity index (χ2n) is 3.87. The molecule has 0 aromatic carbocycles. The molecule has 17 heavy (non-hydrogen) atoms. The van der Waals surface area contributed by atoms with Gasteiger partial charge in [0, 0.05) is 13.1 Å². The molecule has 0 saturated heterocycles. The fourth-order valence-electron chi connectivity index (χ4n) is 1.58. The molecule has 2 amide bonds. The van der Waals surface area contributed by atoms with Gasteiger partial charge in [-0.2, -0.15) is 0 Å². The Labute approximate surface area is 97.2 Å². The van der Waals surface area contributed by atoms with Gasteiger partial charge in [0.15, 0.2) is 5.82 Å². The van der Waals surface area contributed by atoms with Crippen molar-refractivity contribution in [3.05, 3.63) is 12.2 Å². The Balaban J connectivity index is 1.96. The number of nitrogens with zero attached hydrogens (tertiary/aromatic N) is 4. The van der Waals surface area contributed by atoms with Gasteiger partial charge in [0.2, 0.25) is 0 Å². The Kier molecular flexibility index (Phi) is 2.94. The first-order valence-corrected chi connectivity index (χ1v) is 5.23. The van der Waals surface area contributed by atoms with Crippen molar-refractivity contribution in [1.29, 1.82) is 0 Å². The van der Waals surface area contributed by atoms with E-state index in [4.69, 9.17) is 5.11 Å². The predicted octanol–water partition coefficient (Wildman–Crippen LogP) is -0.724. The molecule has 2 N–H and O–H groups in total. The van der Waals surface area contributed by atoms with E-state index < -0.39 is 18.0 Å². The number of carbonyl (C=O) groups excluding carboxylic acids is 1. The standard InChI is InChI=1S/C9H13N5O3/c1-6(8(15)16)11-9(17)13-2-3-14-5-10-12-7(14)4-13/h5-6H,2-4H2,1H3,(H,11,17)(H,15,16)/t6-/m1/s1. The SMILES string of the molecule is C[C@@H](NC(=O)N1CCn2cnnc2C1)C(=O)O. The van der Waals surface area contributed by atoms with Crippen LogP contribution in [0.3, 0.4) is 0 Å². The van der Waals surface area contributed by atoms with Crippen molar-refractivity contribution in [3.63, 3.8) is 0 Å². The van der Waals surface area contributed by atoms with Gasteiger partial charge in [-0.05, 0) is 6.92 Å². The maximum atomic E-state index is 11.7. The lowest BCUT2D eigenvalue weighted by atomic mass is 10.3. The second-order valence-corrected chi connectivity index (χ2v) is 3.87. The van der Waals surface area contributed by atoms with Gasteiger partial charge >= 0.3 is 12.0 Å². The summed E-state index contributed by atoms with van der Waals surface area (Å²) < 4.78 is 1.87. The number of carboxylic acid groups (broad SMARTS) is 1. The van der Waals surface area contributed by atoms with Crippen LogP contribution >= 0.6 is 0 Å². The van der Waals surface area contributed by atoms with Gasteiger partial charge in [-0.15, -0.1) is 10.2 Å². The molecule has 8 nitrogen and oxygen atoms in total. The van der Waals surface area contributed by atoms with E-state index in [1.165, 1.54) is 11.8 Å². The number of aromatic nitrogens is 3. The average molecular weight is 239 g/mol. The predicted molar refractivity (Wildman–Crippen MR) is 56.1 cm³/mol. The lowest BCUT2D eigenvalue weighted by Crippen LogP contribution is -2.48. The van der Waals surface area contributed by atoms with Crippen LogP contribution in [-0.4, -0.2) is 49.4 Å². The smallest absolute Gasteiger partial charge is 0.325 e. The van der Waals surface area contributed by atoms with Crippen molar-refractivity contribution in [1.82, 2.24) is 25.0 Å². The minimum Gasteiger partial charge on any atom is -0.480 e. The number of fused-ring (bicyclic) bond motifs is 1. The van der Waals surface area contributed by atoms with Crippen LogP contribution in [0.25, 0.3) is 0 Å². The molecular formula is C9H13N5O3. The van der Waals surface area contributed by atoms with Crippen LogP contribution in [0.1, 0.15) is 12.7 Å². The third-order valence-corrected chi connectivity index (χ3v) is 2.64. The van der Waals surface area contributed by atoms with Crippen LogP contribution in [-0.2, 0) is 17.9 Å². The van der Waals surface area contributed by atoms with E-state index in [1.54, 1.807) is 6.33 Å². The summed E-state index contributed by atoms with van der Waals surface area (Å²) in [5.41, 5.74) is 0. The lowest BCUT2D eigenvalue weighted by molar-refractivity contribution is -0.138. The van der Waals surface area contributed by atoms with Crippen LogP contribution in [0.5, 0.6) is 0 Å². The first-order chi connectivity index (χ1) is 8.08. The highest BCUT2D eigenvalue weighted by Crippen LogP contribution is 2.08. The number of carbonyl (C=O) groups is 2. The van der Waals surface area contributed by atoms with Crippen molar-refractivity contribution in [2.24, 2.45) is 0 Å². The Bertz CT molecular complexity index is 444. The van der Waals surface area contributed by atoms with Crippen LogP contribution in [0.4, 0.5) is 4.79 Å². The van der Waals surface area contributed by atoms with Gasteiger partial charge in [-0.25, -0.2) is 4.79 Å². The maximum Gasteiger partial charge on any atom is 0.325 e. The molecule has 0 bridgehead atoms. The molecule has 1 aliphatic heterocycles. The molecule has 0 unspecified atom stereocenters. The van der Waals surface area contributed by atoms with Crippen LogP contribution in [0, 0.1) is 0 Å². The highest BCUT2D eigenvalue weighted by Gasteiger charge is 2.24. The third kappa shape index (κ3) is 2.35. The zero-order valence-corrected chi connectivity index (χ0v) is 9.33. The molecule has 1 atom stereocenters. The summed E-state index contributed by atoms with van der Waals surface area (Å²) in [6, 6.07) is -1.29. The average Bonchev–Trinajstić information content (AvgIpc) is 2.75. The van der Waals surface area contributed by atoms with E-state index in [2.05, 4.69) is 15.5 Å². The van der Waals surface area contributed by atoms with Gasteiger partial charge in [0.25, 0.3) is 0 Å². The van der Waals surface area contributed by atoms with Crippen LogP contribution in [0.2, 0.25) is 0 Å². The van der Waals surface area contributed by atoms with E-state index in [1.807, 2.05) is 4.57 Å². The number of urea groups is 1. The zero-order chi connectivity index (χ0) is 12.4. The number of amides is 2. The molecule has 92 valence electrons. The Hall–Kier alpha value is -2.12. The molecule has 0 radical (unpaired) electrons. The molecule has 0 saturated carbocycles. The summed E-state index contributed by atoms with van der Waals surface area (Å²) in [4.78, 5) is 23.9. The molecule has 1 aromatic heterocycles. The van der Waals surface area contributed by atoms with E-state index in [-0.39, 0.29) is 0 Å². The monoisotopic (exact) mass is 239 g/mol. The first kappa shape index (κ1) is 11.4. The summed E-state index contributed by atoms with van der Waals surface area (Å²) >= 11 is 0. The summed E-state index contributed by atoms with van der Waals surface area (Å²) in [5.74, 6) is -0.354. The number of rotatable bonds is 2.